The molecule has 1 atom stereocenters. The topological polar surface area (TPSA) is 61.4 Å². The van der Waals surface area contributed by atoms with Crippen LogP contribution >= 0.6 is 11.3 Å². The van der Waals surface area contributed by atoms with Crippen LogP contribution in [0.2, 0.25) is 0 Å². The van der Waals surface area contributed by atoms with E-state index in [0.29, 0.717) is 6.54 Å². The molecule has 114 valence electrons. The van der Waals surface area contributed by atoms with Gasteiger partial charge >= 0.3 is 6.03 Å². The van der Waals surface area contributed by atoms with Crippen molar-refractivity contribution in [1.82, 2.24) is 10.6 Å². The van der Waals surface area contributed by atoms with E-state index >= 15 is 0 Å². The molecule has 0 aliphatic heterocycles. The van der Waals surface area contributed by atoms with Gasteiger partial charge in [0.05, 0.1) is 6.04 Å². The fraction of sp³-hybridized carbons (Fsp3) is 0.667. The van der Waals surface area contributed by atoms with Crippen LogP contribution in [0.1, 0.15) is 51.0 Å². The van der Waals surface area contributed by atoms with Gasteiger partial charge in [-0.25, -0.2) is 4.79 Å². The Hall–Kier alpha value is -1.07. The zero-order valence-corrected chi connectivity index (χ0v) is 13.4. The third kappa shape index (κ3) is 5.92. The highest BCUT2D eigenvalue weighted by atomic mass is 32.1. The van der Waals surface area contributed by atoms with E-state index in [1.165, 1.54) is 4.88 Å². The summed E-state index contributed by atoms with van der Waals surface area (Å²) in [6, 6.07) is 4.01. The fourth-order valence-corrected chi connectivity index (χ4v) is 2.78. The summed E-state index contributed by atoms with van der Waals surface area (Å²) in [5.74, 6) is 0. The zero-order valence-electron chi connectivity index (χ0n) is 12.6. The van der Waals surface area contributed by atoms with Gasteiger partial charge in [-0.05, 0) is 36.1 Å². The lowest BCUT2D eigenvalue weighted by Gasteiger charge is -2.21. The molecule has 1 aromatic rings. The van der Waals surface area contributed by atoms with Crippen LogP contribution in [0.5, 0.6) is 0 Å². The van der Waals surface area contributed by atoms with Crippen LogP contribution in [0.3, 0.4) is 0 Å². The van der Waals surface area contributed by atoms with Gasteiger partial charge in [0.15, 0.2) is 0 Å². The van der Waals surface area contributed by atoms with Crippen molar-refractivity contribution in [2.45, 2.75) is 46.1 Å². The van der Waals surface area contributed by atoms with Gasteiger partial charge in [0.2, 0.25) is 0 Å². The molecule has 0 aliphatic carbocycles. The Balaban J connectivity index is 2.26. The van der Waals surface area contributed by atoms with Crippen LogP contribution < -0.4 is 10.6 Å². The molecule has 0 saturated carbocycles. The normalized spacial score (nSPS) is 13.0. The highest BCUT2D eigenvalue weighted by Crippen LogP contribution is 2.22. The van der Waals surface area contributed by atoms with Crippen LogP contribution in [0, 0.1) is 5.41 Å². The van der Waals surface area contributed by atoms with E-state index in [1.54, 1.807) is 11.3 Å². The molecular formula is C15H26N2O2S. The molecule has 0 fully saturated rings. The average molecular weight is 298 g/mol. The molecule has 0 bridgehead atoms. The molecule has 20 heavy (non-hydrogen) atoms. The summed E-state index contributed by atoms with van der Waals surface area (Å²) >= 11 is 1.66. The number of aliphatic hydroxyl groups excluding tert-OH is 1. The predicted octanol–water partition coefficient (Wildman–Crippen LogP) is 3.30. The Morgan fingerprint density at radius 3 is 2.80 bits per heavy atom. The minimum atomic E-state index is -0.118. The second-order valence-corrected chi connectivity index (χ2v) is 6.78. The van der Waals surface area contributed by atoms with Gasteiger partial charge in [0, 0.05) is 18.0 Å². The Morgan fingerprint density at radius 2 is 2.25 bits per heavy atom. The van der Waals surface area contributed by atoms with E-state index < -0.39 is 0 Å². The van der Waals surface area contributed by atoms with Gasteiger partial charge in [-0.15, -0.1) is 11.3 Å². The van der Waals surface area contributed by atoms with E-state index in [-0.39, 0.29) is 24.1 Å². The molecule has 1 heterocycles. The minimum Gasteiger partial charge on any atom is -0.396 e. The Bertz CT molecular complexity index is 391. The van der Waals surface area contributed by atoms with Crippen LogP contribution in [0.15, 0.2) is 17.5 Å². The van der Waals surface area contributed by atoms with Crippen molar-refractivity contribution < 1.29 is 9.90 Å². The Morgan fingerprint density at radius 1 is 1.50 bits per heavy atom. The molecule has 4 nitrogen and oxygen atoms in total. The number of urea groups is 1. The predicted molar refractivity (Wildman–Crippen MR) is 84.0 cm³/mol. The largest absolute Gasteiger partial charge is 0.396 e. The molecular weight excluding hydrogens is 272 g/mol. The van der Waals surface area contributed by atoms with Crippen molar-refractivity contribution in [2.24, 2.45) is 5.41 Å². The number of carbonyl (C=O) groups is 1. The van der Waals surface area contributed by atoms with Crippen LogP contribution in [-0.2, 0) is 0 Å². The smallest absolute Gasteiger partial charge is 0.315 e. The van der Waals surface area contributed by atoms with E-state index in [4.69, 9.17) is 5.11 Å². The first-order valence-corrected chi connectivity index (χ1v) is 8.05. The Kier molecular flexibility index (Phi) is 7.02. The quantitative estimate of drug-likeness (QED) is 0.645. The van der Waals surface area contributed by atoms with Crippen molar-refractivity contribution in [3.8, 4) is 0 Å². The molecule has 0 aromatic carbocycles. The van der Waals surface area contributed by atoms with E-state index in [0.717, 1.165) is 19.3 Å². The van der Waals surface area contributed by atoms with Gasteiger partial charge in [0.1, 0.15) is 0 Å². The minimum absolute atomic E-state index is 0.0684. The van der Waals surface area contributed by atoms with Crippen LogP contribution in [0.4, 0.5) is 4.79 Å². The maximum atomic E-state index is 11.8. The summed E-state index contributed by atoms with van der Waals surface area (Å²) in [5, 5.41) is 17.1. The number of thiophene rings is 1. The number of hydrogen-bond donors (Lipinski definition) is 3. The van der Waals surface area contributed by atoms with Crippen molar-refractivity contribution in [3.63, 3.8) is 0 Å². The van der Waals surface area contributed by atoms with Crippen LogP contribution in [0.25, 0.3) is 0 Å². The van der Waals surface area contributed by atoms with Gasteiger partial charge in [-0.2, -0.15) is 0 Å². The third-order valence-electron chi connectivity index (χ3n) is 3.34. The summed E-state index contributed by atoms with van der Waals surface area (Å²) in [7, 11) is 0. The standard InChI is InChI=1S/C15H26N2O2S/c1-4-12(13-7-5-10-20-13)17-14(19)16-9-6-8-15(2,3)11-18/h5,7,10,12,18H,4,6,8-9,11H2,1-3H3,(H2,16,17,19). The fourth-order valence-electron chi connectivity index (χ4n) is 1.92. The van der Waals surface area contributed by atoms with Gasteiger partial charge in [-0.3, -0.25) is 0 Å². The van der Waals surface area contributed by atoms with Crippen molar-refractivity contribution in [2.75, 3.05) is 13.2 Å². The zero-order chi connectivity index (χ0) is 15.0. The molecule has 1 rings (SSSR count). The Labute approximate surface area is 125 Å². The SMILES string of the molecule is CCC(NC(=O)NCCCC(C)(C)CO)c1cccs1. The highest BCUT2D eigenvalue weighted by Gasteiger charge is 2.16. The molecule has 5 heteroatoms. The summed E-state index contributed by atoms with van der Waals surface area (Å²) < 4.78 is 0. The maximum absolute atomic E-state index is 11.8. The van der Waals surface area contributed by atoms with Gasteiger partial charge in [-0.1, -0.05) is 26.8 Å². The first-order chi connectivity index (χ1) is 9.48. The summed E-state index contributed by atoms with van der Waals surface area (Å²) in [6.45, 7) is 6.92. The van der Waals surface area contributed by atoms with Gasteiger partial charge < -0.3 is 15.7 Å². The van der Waals surface area contributed by atoms with Crippen molar-refractivity contribution in [1.29, 1.82) is 0 Å². The van der Waals surface area contributed by atoms with E-state index in [9.17, 15) is 4.79 Å². The van der Waals surface area contributed by atoms with Crippen LogP contribution in [-0.4, -0.2) is 24.3 Å². The molecule has 0 radical (unpaired) electrons. The maximum Gasteiger partial charge on any atom is 0.315 e. The number of hydrogen-bond acceptors (Lipinski definition) is 3. The lowest BCUT2D eigenvalue weighted by Crippen LogP contribution is -2.38. The lowest BCUT2D eigenvalue weighted by atomic mass is 9.89. The molecule has 0 saturated heterocycles. The van der Waals surface area contributed by atoms with Gasteiger partial charge in [0.25, 0.3) is 0 Å². The molecule has 0 spiro atoms. The molecule has 2 amide bonds. The number of rotatable bonds is 8. The summed E-state index contributed by atoms with van der Waals surface area (Å²) in [4.78, 5) is 13.0. The first-order valence-electron chi connectivity index (χ1n) is 7.17. The first kappa shape index (κ1) is 17.0. The monoisotopic (exact) mass is 298 g/mol. The molecule has 1 unspecified atom stereocenters. The third-order valence-corrected chi connectivity index (χ3v) is 4.33. The highest BCUT2D eigenvalue weighted by molar-refractivity contribution is 7.10. The van der Waals surface area contributed by atoms with Crippen molar-refractivity contribution >= 4 is 17.4 Å². The number of aliphatic hydroxyl groups is 1. The van der Waals surface area contributed by atoms with E-state index in [2.05, 4.69) is 17.6 Å². The second-order valence-electron chi connectivity index (χ2n) is 5.80. The number of amides is 2. The van der Waals surface area contributed by atoms with Crippen molar-refractivity contribution in [3.05, 3.63) is 22.4 Å². The number of nitrogens with one attached hydrogen (secondary N) is 2. The molecule has 1 aromatic heterocycles. The average Bonchev–Trinajstić information content (AvgIpc) is 2.95. The summed E-state index contributed by atoms with van der Waals surface area (Å²) in [5.41, 5.74) is -0.0684. The lowest BCUT2D eigenvalue weighted by molar-refractivity contribution is 0.148. The molecule has 0 aliphatic rings. The molecule has 3 N–H and O–H groups in total. The van der Waals surface area contributed by atoms with E-state index in [1.807, 2.05) is 31.4 Å². The summed E-state index contributed by atoms with van der Waals surface area (Å²) in [6.07, 6.45) is 2.65. The second kappa shape index (κ2) is 8.27. The number of carbonyl (C=O) groups excluding carboxylic acids is 1.